The zero-order valence-corrected chi connectivity index (χ0v) is 35.8. The predicted octanol–water partition coefficient (Wildman–Crippen LogP) is 10.2. The predicted molar refractivity (Wildman–Crippen MR) is 231 cm³/mol. The monoisotopic (exact) mass is 780 g/mol. The highest BCUT2D eigenvalue weighted by atomic mass is 16.6. The number of carbonyl (C=O) groups is 3. The molecule has 0 aromatic heterocycles. The normalized spacial score (nSPS) is 13.9. The lowest BCUT2D eigenvalue weighted by Crippen LogP contribution is -2.55. The molecule has 8 heteroatoms. The zero-order chi connectivity index (χ0) is 41.4. The molecule has 316 valence electrons. The Bertz CT molecular complexity index is 1230. The third-order valence-corrected chi connectivity index (χ3v) is 8.70. The Labute approximate surface area is 341 Å². The smallest absolute Gasteiger partial charge is 0.306 e. The van der Waals surface area contributed by atoms with Gasteiger partial charge in [-0.1, -0.05) is 124 Å². The van der Waals surface area contributed by atoms with Gasteiger partial charge in [-0.15, -0.1) is 0 Å². The van der Waals surface area contributed by atoms with E-state index in [1.54, 1.807) is 21.1 Å². The van der Waals surface area contributed by atoms with Crippen molar-refractivity contribution in [3.63, 3.8) is 0 Å². The summed E-state index contributed by atoms with van der Waals surface area (Å²) in [6, 6.07) is -0.746. The third-order valence-electron chi connectivity index (χ3n) is 8.70. The molecule has 0 heterocycles. The van der Waals surface area contributed by atoms with Crippen LogP contribution >= 0.6 is 0 Å². The van der Waals surface area contributed by atoms with Gasteiger partial charge in [0.2, 0.25) is 0 Å². The van der Waals surface area contributed by atoms with Gasteiger partial charge in [-0.2, -0.15) is 0 Å². The van der Waals surface area contributed by atoms with Crippen LogP contribution < -0.4 is 5.11 Å². The van der Waals surface area contributed by atoms with Gasteiger partial charge in [0, 0.05) is 19.3 Å². The molecule has 56 heavy (non-hydrogen) atoms. The van der Waals surface area contributed by atoms with Crippen molar-refractivity contribution in [3.8, 4) is 0 Å². The maximum atomic E-state index is 12.6. The molecular weight excluding hydrogens is 703 g/mol. The fourth-order valence-corrected chi connectivity index (χ4v) is 5.40. The van der Waals surface area contributed by atoms with E-state index in [-0.39, 0.29) is 55.5 Å². The minimum atomic E-state index is -1.14. The number of hydrogen-bond donors (Lipinski definition) is 0. The number of rotatable bonds is 36. The molecule has 0 radical (unpaired) electrons. The van der Waals surface area contributed by atoms with Crippen LogP contribution in [0.1, 0.15) is 136 Å². The van der Waals surface area contributed by atoms with Crippen LogP contribution in [0, 0.1) is 0 Å². The average molecular weight is 780 g/mol. The van der Waals surface area contributed by atoms with Gasteiger partial charge >= 0.3 is 11.9 Å². The molecule has 0 saturated heterocycles. The van der Waals surface area contributed by atoms with Crippen molar-refractivity contribution in [2.75, 3.05) is 41.0 Å². The number of carbonyl (C=O) groups excluding carboxylic acids is 3. The number of carboxylic acids is 1. The molecule has 0 aliphatic heterocycles. The highest BCUT2D eigenvalue weighted by molar-refractivity contribution is 5.70. The Hall–Kier alpha value is -3.75. The fourth-order valence-electron chi connectivity index (χ4n) is 5.40. The van der Waals surface area contributed by atoms with Gasteiger partial charge in [-0.3, -0.25) is 9.59 Å². The van der Waals surface area contributed by atoms with E-state index in [1.165, 1.54) is 25.7 Å². The number of carboxylic acid groups (broad SMARTS) is 1. The SMILES string of the molecule is CC/C=C/C/C=C/C/C=C/CCCC(=O)OC(COCCC(C(=O)[O-])[N+](C)(C)C)COC(=O)CCCC/C=C/C/C=C/C/C=C/C/C=C/C/C=C/CCCCC. The van der Waals surface area contributed by atoms with Crippen molar-refractivity contribution in [1.82, 2.24) is 0 Å². The Morgan fingerprint density at radius 2 is 1.00 bits per heavy atom. The molecule has 2 atom stereocenters. The molecule has 0 amide bonds. The van der Waals surface area contributed by atoms with Crippen LogP contribution in [0.4, 0.5) is 0 Å². The average Bonchev–Trinajstić information content (AvgIpc) is 3.15. The summed E-state index contributed by atoms with van der Waals surface area (Å²) in [7, 11) is 5.36. The van der Waals surface area contributed by atoms with Crippen molar-refractivity contribution in [3.05, 3.63) is 97.2 Å². The number of ether oxygens (including phenoxy) is 3. The van der Waals surface area contributed by atoms with Crippen LogP contribution in [0.15, 0.2) is 97.2 Å². The molecule has 0 aliphatic carbocycles. The molecule has 0 spiro atoms. The molecule has 0 saturated carbocycles. The molecule has 0 aliphatic rings. The second-order valence-corrected chi connectivity index (χ2v) is 14.8. The van der Waals surface area contributed by atoms with Gasteiger partial charge in [0.1, 0.15) is 12.6 Å². The Balaban J connectivity index is 4.47. The first kappa shape index (κ1) is 52.2. The van der Waals surface area contributed by atoms with E-state index in [9.17, 15) is 19.5 Å². The second kappa shape index (κ2) is 38.1. The maximum Gasteiger partial charge on any atom is 0.306 e. The van der Waals surface area contributed by atoms with Gasteiger partial charge in [0.05, 0.1) is 40.3 Å². The molecule has 0 rings (SSSR count). The molecule has 0 bridgehead atoms. The van der Waals surface area contributed by atoms with Crippen LogP contribution in [0.5, 0.6) is 0 Å². The van der Waals surface area contributed by atoms with Gasteiger partial charge in [0.15, 0.2) is 6.10 Å². The molecule has 8 nitrogen and oxygen atoms in total. The maximum absolute atomic E-state index is 12.6. The highest BCUT2D eigenvalue weighted by Gasteiger charge is 2.25. The number of likely N-dealkylation sites (N-methyl/N-ethyl adjacent to an activating group) is 1. The van der Waals surface area contributed by atoms with Crippen molar-refractivity contribution < 1.29 is 38.2 Å². The Morgan fingerprint density at radius 1 is 0.554 bits per heavy atom. The Kier molecular flexibility index (Phi) is 35.6. The van der Waals surface area contributed by atoms with Crippen LogP contribution in [-0.2, 0) is 28.6 Å². The first-order chi connectivity index (χ1) is 27.1. The largest absolute Gasteiger partial charge is 0.544 e. The minimum Gasteiger partial charge on any atom is -0.544 e. The van der Waals surface area contributed by atoms with Crippen molar-refractivity contribution in [2.24, 2.45) is 0 Å². The number of unbranched alkanes of at least 4 members (excludes halogenated alkanes) is 6. The lowest BCUT2D eigenvalue weighted by Gasteiger charge is -2.34. The van der Waals surface area contributed by atoms with Crippen molar-refractivity contribution in [2.45, 2.75) is 148 Å². The summed E-state index contributed by atoms with van der Waals surface area (Å²) in [5.41, 5.74) is 0. The first-order valence-corrected chi connectivity index (χ1v) is 21.3. The van der Waals surface area contributed by atoms with E-state index in [1.807, 2.05) is 0 Å². The number of quaternary nitrogens is 1. The third kappa shape index (κ3) is 35.9. The van der Waals surface area contributed by atoms with Crippen molar-refractivity contribution in [1.29, 1.82) is 0 Å². The van der Waals surface area contributed by atoms with Crippen molar-refractivity contribution >= 4 is 17.9 Å². The van der Waals surface area contributed by atoms with Gasteiger partial charge in [-0.05, 0) is 89.9 Å². The summed E-state index contributed by atoms with van der Waals surface area (Å²) < 4.78 is 17.0. The fraction of sp³-hybridized carbons (Fsp3) is 0.604. The van der Waals surface area contributed by atoms with Crippen LogP contribution in [0.2, 0.25) is 0 Å². The van der Waals surface area contributed by atoms with Gasteiger partial charge in [0.25, 0.3) is 0 Å². The van der Waals surface area contributed by atoms with Crippen LogP contribution in [-0.4, -0.2) is 75.5 Å². The van der Waals surface area contributed by atoms with E-state index in [2.05, 4.69) is 111 Å². The Morgan fingerprint density at radius 3 is 1.46 bits per heavy atom. The van der Waals surface area contributed by atoms with E-state index in [0.717, 1.165) is 64.2 Å². The number of hydrogen-bond acceptors (Lipinski definition) is 7. The summed E-state index contributed by atoms with van der Waals surface area (Å²) in [4.78, 5) is 36.7. The molecule has 0 aromatic rings. The number of aliphatic carboxylic acids is 1. The van der Waals surface area contributed by atoms with Crippen LogP contribution in [0.25, 0.3) is 0 Å². The lowest BCUT2D eigenvalue weighted by atomic mass is 10.1. The second-order valence-electron chi connectivity index (χ2n) is 14.8. The lowest BCUT2D eigenvalue weighted by molar-refractivity contribution is -0.889. The summed E-state index contributed by atoms with van der Waals surface area (Å²) in [5, 5.41) is 11.6. The molecule has 2 unspecified atom stereocenters. The number of esters is 2. The van der Waals surface area contributed by atoms with E-state index >= 15 is 0 Å². The first-order valence-electron chi connectivity index (χ1n) is 21.3. The molecule has 0 N–H and O–H groups in total. The number of allylic oxidation sites excluding steroid dienone is 16. The summed E-state index contributed by atoms with van der Waals surface area (Å²) >= 11 is 0. The summed E-state index contributed by atoms with van der Waals surface area (Å²) in [5.74, 6) is -1.88. The highest BCUT2D eigenvalue weighted by Crippen LogP contribution is 2.10. The zero-order valence-electron chi connectivity index (χ0n) is 35.8. The minimum absolute atomic E-state index is 0.000151. The van der Waals surface area contributed by atoms with E-state index < -0.39 is 18.1 Å². The summed E-state index contributed by atoms with van der Waals surface area (Å²) in [6.45, 7) is 4.38. The standard InChI is InChI=1S/C48H77NO7/c1-6-8-10-12-14-16-18-19-20-21-22-23-24-25-26-27-29-30-32-34-36-38-46(50)55-43-44(42-54-41-40-45(48(52)53)49(3,4)5)56-47(51)39-37-35-33-31-28-17-15-13-11-9-7-2/h9,11,14-17,19-20,22-23,25-26,29-31,33,44-45H,6-8,10,12-13,18,21,24,27-28,32,34-43H2,1-5H3/b11-9+,16-14+,17-15+,20-19+,23-22+,26-25+,30-29+,33-31+. The van der Waals surface area contributed by atoms with E-state index in [0.29, 0.717) is 12.8 Å². The topological polar surface area (TPSA) is 102 Å². The van der Waals surface area contributed by atoms with E-state index in [4.69, 9.17) is 14.2 Å². The quantitative estimate of drug-likeness (QED) is 0.0270. The van der Waals surface area contributed by atoms with Gasteiger partial charge < -0.3 is 28.6 Å². The molecule has 0 fully saturated rings. The van der Waals surface area contributed by atoms with Crippen LogP contribution in [0.3, 0.4) is 0 Å². The summed E-state index contributed by atoms with van der Waals surface area (Å²) in [6.07, 6.45) is 50.2. The molecular formula is C48H77NO7. The number of nitrogens with zero attached hydrogens (tertiary/aromatic N) is 1. The van der Waals surface area contributed by atoms with Gasteiger partial charge in [-0.25, -0.2) is 0 Å². The molecule has 0 aromatic carbocycles.